The molecule has 0 atom stereocenters. The number of benzene rings is 3. The van der Waals surface area contributed by atoms with Gasteiger partial charge >= 0.3 is 11.9 Å². The highest BCUT2D eigenvalue weighted by atomic mass is 35.5. The minimum Gasteiger partial charge on any atom is -0.486 e. The second-order valence-corrected chi connectivity index (χ2v) is 10.4. The molecule has 0 bridgehead atoms. The highest BCUT2D eigenvalue weighted by molar-refractivity contribution is 6.31. The molecule has 0 fully saturated rings. The third kappa shape index (κ3) is 7.96. The first-order valence-electron chi connectivity index (χ1n) is 13.9. The van der Waals surface area contributed by atoms with Crippen LogP contribution in [-0.4, -0.2) is 27.6 Å². The van der Waals surface area contributed by atoms with Crippen molar-refractivity contribution >= 4 is 41.5 Å². The van der Waals surface area contributed by atoms with Crippen LogP contribution in [-0.2, 0) is 11.4 Å². The second kappa shape index (κ2) is 14.2. The normalized spacial score (nSPS) is 11.2. The molecular weight excluding hydrogens is 612 g/mol. The van der Waals surface area contributed by atoms with E-state index >= 15 is 0 Å². The largest absolute Gasteiger partial charge is 0.486 e. The zero-order valence-corrected chi connectivity index (χ0v) is 25.4. The van der Waals surface area contributed by atoms with Crippen molar-refractivity contribution in [1.82, 2.24) is 9.99 Å². The number of nitrogens with one attached hydrogen (secondary N) is 1. The quantitative estimate of drug-likeness (QED) is 0.0403. The van der Waals surface area contributed by atoms with Gasteiger partial charge in [-0.1, -0.05) is 23.7 Å². The molecule has 2 heterocycles. The smallest absolute Gasteiger partial charge is 0.336 e. The first-order valence-corrected chi connectivity index (χ1v) is 14.3. The zero-order chi connectivity index (χ0) is 32.6. The van der Waals surface area contributed by atoms with E-state index in [1.54, 1.807) is 12.1 Å². The number of nitro groups is 1. The highest BCUT2D eigenvalue weighted by Crippen LogP contribution is 2.23. The molecule has 46 heavy (non-hydrogen) atoms. The Morgan fingerprint density at radius 3 is 2.50 bits per heavy atom. The Hall–Kier alpha value is -5.94. The number of amides is 1. The van der Waals surface area contributed by atoms with Gasteiger partial charge in [-0.2, -0.15) is 5.10 Å². The lowest BCUT2D eigenvalue weighted by Gasteiger charge is -2.10. The van der Waals surface area contributed by atoms with Crippen molar-refractivity contribution in [3.63, 3.8) is 0 Å². The molecule has 1 amide bonds. The van der Waals surface area contributed by atoms with Gasteiger partial charge in [0, 0.05) is 45.9 Å². The number of hydrogen-bond acceptors (Lipinski definition) is 8. The molecule has 5 rings (SSSR count). The van der Waals surface area contributed by atoms with Crippen molar-refractivity contribution in [3.05, 3.63) is 146 Å². The van der Waals surface area contributed by atoms with Crippen molar-refractivity contribution in [2.75, 3.05) is 0 Å². The Kier molecular flexibility index (Phi) is 9.74. The maximum atomic E-state index is 12.6. The molecule has 0 unspecified atom stereocenters. The summed E-state index contributed by atoms with van der Waals surface area (Å²) >= 11 is 6.11. The average Bonchev–Trinajstić information content (AvgIpc) is 3.66. The van der Waals surface area contributed by atoms with Crippen LogP contribution in [0.15, 0.2) is 107 Å². The van der Waals surface area contributed by atoms with E-state index in [9.17, 15) is 19.7 Å². The van der Waals surface area contributed by atoms with Crippen LogP contribution in [0.1, 0.15) is 38.8 Å². The van der Waals surface area contributed by atoms with Crippen molar-refractivity contribution in [2.24, 2.45) is 5.10 Å². The molecule has 5 aromatic rings. The summed E-state index contributed by atoms with van der Waals surface area (Å²) in [5, 5.41) is 15.3. The second-order valence-electron chi connectivity index (χ2n) is 9.99. The number of nitro benzene ring substituents is 1. The fourth-order valence-electron chi connectivity index (χ4n) is 4.48. The summed E-state index contributed by atoms with van der Waals surface area (Å²) in [6, 6.07) is 25.2. The van der Waals surface area contributed by atoms with E-state index in [4.69, 9.17) is 25.5 Å². The van der Waals surface area contributed by atoms with Crippen LogP contribution < -0.4 is 14.9 Å². The van der Waals surface area contributed by atoms with Gasteiger partial charge in [-0.3, -0.25) is 14.9 Å². The Balaban J connectivity index is 1.15. The van der Waals surface area contributed by atoms with Crippen LogP contribution in [0, 0.1) is 24.0 Å². The molecule has 0 aliphatic heterocycles. The minimum atomic E-state index is -0.736. The van der Waals surface area contributed by atoms with E-state index in [0.29, 0.717) is 27.7 Å². The summed E-state index contributed by atoms with van der Waals surface area (Å²) in [6.45, 7) is 4.21. The number of furan rings is 1. The molecule has 0 saturated heterocycles. The van der Waals surface area contributed by atoms with Gasteiger partial charge in [0.05, 0.1) is 11.1 Å². The molecule has 0 radical (unpaired) electrons. The number of carbonyl (C=O) groups is 2. The number of esters is 1. The number of nitrogens with zero attached hydrogens (tertiary/aromatic N) is 3. The number of non-ortho nitro benzene ring substituents is 1. The van der Waals surface area contributed by atoms with E-state index in [1.165, 1.54) is 54.8 Å². The Morgan fingerprint density at radius 2 is 1.76 bits per heavy atom. The molecule has 0 saturated carbocycles. The van der Waals surface area contributed by atoms with Gasteiger partial charge in [0.25, 0.3) is 5.69 Å². The molecule has 0 spiro atoms. The Labute approximate surface area is 268 Å². The van der Waals surface area contributed by atoms with Crippen molar-refractivity contribution < 1.29 is 28.4 Å². The predicted molar refractivity (Wildman–Crippen MR) is 173 cm³/mol. The topological polar surface area (TPSA) is 138 Å². The van der Waals surface area contributed by atoms with E-state index in [1.807, 2.05) is 38.1 Å². The number of rotatable bonds is 11. The number of ether oxygens (including phenoxy) is 2. The van der Waals surface area contributed by atoms with Gasteiger partial charge in [0.1, 0.15) is 23.9 Å². The van der Waals surface area contributed by atoms with E-state index in [0.717, 1.165) is 23.2 Å². The third-order valence-corrected chi connectivity index (χ3v) is 6.91. The molecule has 3 aromatic carbocycles. The summed E-state index contributed by atoms with van der Waals surface area (Å²) in [7, 11) is 0. The molecule has 0 aliphatic rings. The Bertz CT molecular complexity index is 1940. The van der Waals surface area contributed by atoms with Crippen LogP contribution in [0.2, 0.25) is 5.02 Å². The van der Waals surface area contributed by atoms with Crippen molar-refractivity contribution in [2.45, 2.75) is 20.5 Å². The van der Waals surface area contributed by atoms with E-state index in [2.05, 4.69) is 27.2 Å². The highest BCUT2D eigenvalue weighted by Gasteiger charge is 2.13. The van der Waals surface area contributed by atoms with Gasteiger partial charge in [-0.05, 0) is 92.2 Å². The lowest BCUT2D eigenvalue weighted by Crippen LogP contribution is -2.17. The van der Waals surface area contributed by atoms with Crippen LogP contribution in [0.5, 0.6) is 11.5 Å². The first kappa shape index (κ1) is 31.5. The van der Waals surface area contributed by atoms with E-state index < -0.39 is 16.8 Å². The van der Waals surface area contributed by atoms with Crippen molar-refractivity contribution in [1.29, 1.82) is 0 Å². The summed E-state index contributed by atoms with van der Waals surface area (Å²) in [6.07, 6.45) is 3.79. The monoisotopic (exact) mass is 638 g/mol. The molecule has 0 aliphatic carbocycles. The van der Waals surface area contributed by atoms with Crippen LogP contribution in [0.3, 0.4) is 0 Å². The molecule has 11 nitrogen and oxygen atoms in total. The summed E-state index contributed by atoms with van der Waals surface area (Å²) in [5.41, 5.74) is 6.33. The van der Waals surface area contributed by atoms with Gasteiger partial charge < -0.3 is 18.5 Å². The number of halogens is 1. The summed E-state index contributed by atoms with van der Waals surface area (Å²) < 4.78 is 19.0. The summed E-state index contributed by atoms with van der Waals surface area (Å²) in [5.74, 6) is -0.105. The van der Waals surface area contributed by atoms with Gasteiger partial charge in [0.15, 0.2) is 5.76 Å². The molecule has 1 N–H and O–H groups in total. The molecule has 232 valence electrons. The van der Waals surface area contributed by atoms with Crippen molar-refractivity contribution in [3.8, 4) is 17.2 Å². The Morgan fingerprint density at radius 1 is 1.00 bits per heavy atom. The lowest BCUT2D eigenvalue weighted by molar-refractivity contribution is -0.384. The third-order valence-electron chi connectivity index (χ3n) is 6.68. The fraction of sp³-hybridized carbons (Fsp3) is 0.0882. The first-order chi connectivity index (χ1) is 22.2. The predicted octanol–water partition coefficient (Wildman–Crippen LogP) is 7.21. The van der Waals surface area contributed by atoms with Crippen LogP contribution >= 0.6 is 11.6 Å². The average molecular weight is 639 g/mol. The number of carbonyl (C=O) groups excluding carboxylic acids is 2. The van der Waals surface area contributed by atoms with Gasteiger partial charge in [-0.25, -0.2) is 10.2 Å². The maximum Gasteiger partial charge on any atom is 0.336 e. The molecule has 2 aromatic heterocycles. The number of hydrogen-bond donors (Lipinski definition) is 1. The number of aromatic nitrogens is 1. The minimum absolute atomic E-state index is 0.0219. The lowest BCUT2D eigenvalue weighted by atomic mass is 10.2. The summed E-state index contributed by atoms with van der Waals surface area (Å²) in [4.78, 5) is 35.5. The van der Waals surface area contributed by atoms with Crippen LogP contribution in [0.25, 0.3) is 11.8 Å². The van der Waals surface area contributed by atoms with Gasteiger partial charge in [-0.15, -0.1) is 0 Å². The molecule has 12 heteroatoms. The standard InChI is InChI=1S/C34H27ClN4O7/c1-22-6-7-23(2)38(22)27-10-12-29(13-11-27)44-21-30-14-16-32(45-30)34(41)37-36-20-25-19-26(35)9-15-31(25)46-33(40)17-8-24-4-3-5-28(18-24)39(42)43/h3-20H,21H2,1-2H3,(H,37,41)/b17-8+,36-20+. The van der Waals surface area contributed by atoms with Crippen LogP contribution in [0.4, 0.5) is 5.69 Å². The number of hydrazone groups is 1. The number of aryl methyl sites for hydroxylation is 2. The zero-order valence-electron chi connectivity index (χ0n) is 24.7. The SMILES string of the molecule is Cc1ccc(C)n1-c1ccc(OCc2ccc(C(=O)N/N=C/c3cc(Cl)ccc3OC(=O)/C=C/c3cccc([N+](=O)[O-])c3)o2)cc1. The fourth-order valence-corrected chi connectivity index (χ4v) is 4.66. The molecular formula is C34H27ClN4O7. The van der Waals surface area contributed by atoms with E-state index in [-0.39, 0.29) is 23.8 Å². The van der Waals surface area contributed by atoms with Gasteiger partial charge in [0.2, 0.25) is 0 Å². The maximum absolute atomic E-state index is 12.6.